The maximum Gasteiger partial charge on any atom is 0.352 e. The van der Waals surface area contributed by atoms with Crippen molar-refractivity contribution in [3.8, 4) is 11.5 Å². The number of hydrogen-bond acceptors (Lipinski definition) is 7. The van der Waals surface area contributed by atoms with Gasteiger partial charge in [0.2, 0.25) is 5.91 Å². The Balaban J connectivity index is 1.51. The third-order valence-electron chi connectivity index (χ3n) is 5.48. The van der Waals surface area contributed by atoms with Crippen molar-refractivity contribution in [2.75, 3.05) is 37.5 Å². The second kappa shape index (κ2) is 8.66. The van der Waals surface area contributed by atoms with E-state index in [-0.39, 0.29) is 12.3 Å². The molecule has 1 amide bonds. The van der Waals surface area contributed by atoms with Crippen molar-refractivity contribution in [2.45, 2.75) is 26.3 Å². The molecule has 1 aromatic carbocycles. The fourth-order valence-electron chi connectivity index (χ4n) is 3.63. The van der Waals surface area contributed by atoms with E-state index in [1.54, 1.807) is 24.4 Å². The number of fused-ring (bicyclic) bond motifs is 1. The molecule has 10 heteroatoms. The lowest BCUT2D eigenvalue weighted by molar-refractivity contribution is -0.117. The average Bonchev–Trinajstić information content (AvgIpc) is 3.08. The third-order valence-corrected chi connectivity index (χ3v) is 5.48. The zero-order valence-electron chi connectivity index (χ0n) is 17.9. The third kappa shape index (κ3) is 4.47. The molecule has 0 spiro atoms. The fraction of sp³-hybridized carbons (Fsp3) is 0.429. The minimum Gasteiger partial charge on any atom is -0.497 e. The summed E-state index contributed by atoms with van der Waals surface area (Å²) in [5.41, 5.74) is 0.0810. The van der Waals surface area contributed by atoms with Crippen LogP contribution < -0.4 is 25.4 Å². The summed E-state index contributed by atoms with van der Waals surface area (Å²) in [6.45, 7) is 3.88. The van der Waals surface area contributed by atoms with Gasteiger partial charge in [0, 0.05) is 43.2 Å². The predicted octanol–water partition coefficient (Wildman–Crippen LogP) is 1.78. The van der Waals surface area contributed by atoms with Gasteiger partial charge in [-0.2, -0.15) is 4.98 Å². The summed E-state index contributed by atoms with van der Waals surface area (Å²) in [5.74, 6) is 2.48. The Hall–Kier alpha value is -3.56. The maximum absolute atomic E-state index is 12.6. The topological polar surface area (TPSA) is 103 Å². The van der Waals surface area contributed by atoms with Crippen LogP contribution >= 0.6 is 0 Å². The molecule has 10 nitrogen and oxygen atoms in total. The first-order valence-electron chi connectivity index (χ1n) is 10.2. The van der Waals surface area contributed by atoms with Gasteiger partial charge < -0.3 is 19.7 Å². The Morgan fingerprint density at radius 1 is 1.16 bits per heavy atom. The van der Waals surface area contributed by atoms with Crippen LogP contribution in [-0.4, -0.2) is 52.4 Å². The molecule has 1 aliphatic rings. The van der Waals surface area contributed by atoms with Gasteiger partial charge in [0.15, 0.2) is 0 Å². The molecule has 1 aliphatic heterocycles. The molecule has 3 aromatic rings. The van der Waals surface area contributed by atoms with Crippen molar-refractivity contribution in [3.63, 3.8) is 0 Å². The second-order valence-corrected chi connectivity index (χ2v) is 7.72. The van der Waals surface area contributed by atoms with Crippen LogP contribution in [0.2, 0.25) is 0 Å². The number of benzene rings is 1. The molecule has 2 aromatic heterocycles. The lowest BCUT2D eigenvalue weighted by Gasteiger charge is -2.30. The number of anilines is 2. The van der Waals surface area contributed by atoms with Crippen molar-refractivity contribution in [1.29, 1.82) is 0 Å². The zero-order valence-corrected chi connectivity index (χ0v) is 17.9. The Morgan fingerprint density at radius 2 is 1.84 bits per heavy atom. The monoisotopic (exact) mass is 426 g/mol. The number of hydrogen-bond donors (Lipinski definition) is 1. The van der Waals surface area contributed by atoms with Gasteiger partial charge in [-0.25, -0.2) is 13.9 Å². The SMILES string of the molecule is COc1cc(NC(=O)Cn2nc3nc(N4CCC(C)CC4)ccn3c2=O)cc(OC)c1. The number of aromatic nitrogens is 4. The van der Waals surface area contributed by atoms with Gasteiger partial charge in [-0.1, -0.05) is 6.92 Å². The number of amides is 1. The van der Waals surface area contributed by atoms with E-state index in [4.69, 9.17) is 9.47 Å². The van der Waals surface area contributed by atoms with Crippen LogP contribution in [0.25, 0.3) is 5.78 Å². The molecule has 0 saturated carbocycles. The summed E-state index contributed by atoms with van der Waals surface area (Å²) in [4.78, 5) is 31.9. The van der Waals surface area contributed by atoms with Crippen LogP contribution in [0, 0.1) is 5.92 Å². The highest BCUT2D eigenvalue weighted by atomic mass is 16.5. The fourth-order valence-corrected chi connectivity index (χ4v) is 3.63. The summed E-state index contributed by atoms with van der Waals surface area (Å²) in [7, 11) is 3.06. The molecule has 1 N–H and O–H groups in total. The number of carbonyl (C=O) groups is 1. The van der Waals surface area contributed by atoms with Gasteiger partial charge in [0.25, 0.3) is 5.78 Å². The molecule has 0 unspecified atom stereocenters. The number of nitrogens with zero attached hydrogens (tertiary/aromatic N) is 5. The normalized spacial score (nSPS) is 14.6. The van der Waals surface area contributed by atoms with Gasteiger partial charge in [-0.15, -0.1) is 5.10 Å². The molecule has 0 bridgehead atoms. The van der Waals surface area contributed by atoms with Gasteiger partial charge in [0.05, 0.1) is 14.2 Å². The lowest BCUT2D eigenvalue weighted by atomic mass is 9.99. The molecular formula is C21H26N6O4. The van der Waals surface area contributed by atoms with E-state index in [1.165, 1.54) is 18.6 Å². The molecule has 0 aliphatic carbocycles. The van der Waals surface area contributed by atoms with Crippen LogP contribution in [0.3, 0.4) is 0 Å². The molecule has 0 radical (unpaired) electrons. The number of piperidine rings is 1. The maximum atomic E-state index is 12.6. The molecule has 0 atom stereocenters. The Labute approximate surface area is 179 Å². The molecule has 1 saturated heterocycles. The molecule has 31 heavy (non-hydrogen) atoms. The first kappa shape index (κ1) is 20.7. The predicted molar refractivity (Wildman–Crippen MR) is 116 cm³/mol. The Kier molecular flexibility index (Phi) is 5.79. The van der Waals surface area contributed by atoms with E-state index >= 15 is 0 Å². The van der Waals surface area contributed by atoms with E-state index in [0.717, 1.165) is 36.4 Å². The van der Waals surface area contributed by atoms with Gasteiger partial charge in [-0.3, -0.25) is 4.79 Å². The van der Waals surface area contributed by atoms with Crippen LogP contribution in [0.4, 0.5) is 11.5 Å². The van der Waals surface area contributed by atoms with Crippen molar-refractivity contribution in [1.82, 2.24) is 19.2 Å². The van der Waals surface area contributed by atoms with E-state index in [0.29, 0.717) is 23.1 Å². The van der Waals surface area contributed by atoms with Crippen molar-refractivity contribution < 1.29 is 14.3 Å². The van der Waals surface area contributed by atoms with Crippen LogP contribution in [0.1, 0.15) is 19.8 Å². The van der Waals surface area contributed by atoms with Crippen LogP contribution in [0.5, 0.6) is 11.5 Å². The average molecular weight is 426 g/mol. The summed E-state index contributed by atoms with van der Waals surface area (Å²) < 4.78 is 12.9. The zero-order chi connectivity index (χ0) is 22.0. The first-order chi connectivity index (χ1) is 15.0. The van der Waals surface area contributed by atoms with Crippen LogP contribution in [-0.2, 0) is 11.3 Å². The molecular weight excluding hydrogens is 400 g/mol. The van der Waals surface area contributed by atoms with Crippen molar-refractivity contribution >= 4 is 23.2 Å². The number of carbonyl (C=O) groups excluding carboxylic acids is 1. The number of ether oxygens (including phenoxy) is 2. The Morgan fingerprint density at radius 3 is 2.48 bits per heavy atom. The van der Waals surface area contributed by atoms with E-state index in [1.807, 2.05) is 6.07 Å². The highest BCUT2D eigenvalue weighted by Gasteiger charge is 2.19. The van der Waals surface area contributed by atoms with Crippen LogP contribution in [0.15, 0.2) is 35.3 Å². The molecule has 1 fully saturated rings. The highest BCUT2D eigenvalue weighted by molar-refractivity contribution is 5.91. The summed E-state index contributed by atoms with van der Waals surface area (Å²) >= 11 is 0. The Bertz CT molecular complexity index is 1120. The number of rotatable bonds is 6. The summed E-state index contributed by atoms with van der Waals surface area (Å²) in [5, 5.41) is 6.99. The molecule has 4 rings (SSSR count). The minimum absolute atomic E-state index is 0.238. The minimum atomic E-state index is -0.417. The van der Waals surface area contributed by atoms with Gasteiger partial charge in [-0.05, 0) is 24.8 Å². The second-order valence-electron chi connectivity index (χ2n) is 7.72. The molecule has 164 valence electrons. The number of methoxy groups -OCH3 is 2. The quantitative estimate of drug-likeness (QED) is 0.641. The summed E-state index contributed by atoms with van der Waals surface area (Å²) in [6.07, 6.45) is 3.89. The van der Waals surface area contributed by atoms with E-state index in [9.17, 15) is 9.59 Å². The van der Waals surface area contributed by atoms with Gasteiger partial charge in [0.1, 0.15) is 23.9 Å². The van der Waals surface area contributed by atoms with E-state index in [2.05, 4.69) is 27.2 Å². The summed E-state index contributed by atoms with van der Waals surface area (Å²) in [6, 6.07) is 6.86. The van der Waals surface area contributed by atoms with Crippen molar-refractivity contribution in [2.24, 2.45) is 5.92 Å². The van der Waals surface area contributed by atoms with Gasteiger partial charge >= 0.3 is 5.69 Å². The van der Waals surface area contributed by atoms with E-state index < -0.39 is 11.6 Å². The van der Waals surface area contributed by atoms with Crippen molar-refractivity contribution in [3.05, 3.63) is 40.9 Å². The number of nitrogens with one attached hydrogen (secondary N) is 1. The highest BCUT2D eigenvalue weighted by Crippen LogP contribution is 2.25. The molecule has 3 heterocycles. The standard InChI is InChI=1S/C21H26N6O4/c1-14-4-7-25(8-5-14)18-6-9-26-20(23-18)24-27(21(26)29)13-19(28)22-15-10-16(30-2)12-17(11-15)31-3/h6,9-12,14H,4-5,7-8,13H2,1-3H3,(H,22,28). The largest absolute Gasteiger partial charge is 0.497 e. The first-order valence-corrected chi connectivity index (χ1v) is 10.2. The smallest absolute Gasteiger partial charge is 0.352 e. The lowest BCUT2D eigenvalue weighted by Crippen LogP contribution is -2.33.